The van der Waals surface area contributed by atoms with Gasteiger partial charge in [-0.15, -0.1) is 0 Å². The minimum Gasteiger partial charge on any atom is -0.311 e. The van der Waals surface area contributed by atoms with Crippen LogP contribution in [0.5, 0.6) is 0 Å². The molecule has 33 heavy (non-hydrogen) atoms. The van der Waals surface area contributed by atoms with E-state index >= 15 is 0 Å². The SMILES string of the molecule is CN(C)CCNCc1ccc(C2CCc3ccccc3N2S(=O)(=O)c2ccc(Cl)cc2)cc1. The van der Waals surface area contributed by atoms with E-state index in [2.05, 4.69) is 48.6 Å². The predicted molar refractivity (Wildman–Crippen MR) is 135 cm³/mol. The lowest BCUT2D eigenvalue weighted by Crippen LogP contribution is -2.38. The van der Waals surface area contributed by atoms with Crippen molar-refractivity contribution in [1.82, 2.24) is 10.2 Å². The number of sulfonamides is 1. The highest BCUT2D eigenvalue weighted by atomic mass is 35.5. The van der Waals surface area contributed by atoms with Gasteiger partial charge in [0.25, 0.3) is 10.0 Å². The summed E-state index contributed by atoms with van der Waals surface area (Å²) in [5, 5.41) is 3.96. The van der Waals surface area contributed by atoms with E-state index in [-0.39, 0.29) is 10.9 Å². The molecule has 1 heterocycles. The molecule has 4 rings (SSSR count). The molecule has 0 bridgehead atoms. The van der Waals surface area contributed by atoms with E-state index in [0.29, 0.717) is 5.02 Å². The van der Waals surface area contributed by atoms with Crippen molar-refractivity contribution < 1.29 is 8.42 Å². The monoisotopic (exact) mass is 483 g/mol. The van der Waals surface area contributed by atoms with E-state index in [9.17, 15) is 8.42 Å². The Kier molecular flexibility index (Phi) is 7.39. The van der Waals surface area contributed by atoms with Gasteiger partial charge < -0.3 is 10.2 Å². The maximum absolute atomic E-state index is 13.8. The maximum atomic E-state index is 13.8. The fraction of sp³-hybridized carbons (Fsp3) is 0.308. The summed E-state index contributed by atoms with van der Waals surface area (Å²) < 4.78 is 29.2. The van der Waals surface area contributed by atoms with Crippen LogP contribution in [-0.4, -0.2) is 40.5 Å². The summed E-state index contributed by atoms with van der Waals surface area (Å²) >= 11 is 6.01. The number of fused-ring (bicyclic) bond motifs is 1. The van der Waals surface area contributed by atoms with Gasteiger partial charge in [0, 0.05) is 24.7 Å². The highest BCUT2D eigenvalue weighted by Gasteiger charge is 2.36. The van der Waals surface area contributed by atoms with Crippen molar-refractivity contribution in [3.05, 3.63) is 94.5 Å². The lowest BCUT2D eigenvalue weighted by atomic mass is 9.93. The van der Waals surface area contributed by atoms with Gasteiger partial charge in [-0.25, -0.2) is 8.42 Å². The first-order chi connectivity index (χ1) is 15.9. The molecule has 1 aliphatic heterocycles. The predicted octanol–water partition coefficient (Wildman–Crippen LogP) is 4.87. The Morgan fingerprint density at radius 1 is 1.00 bits per heavy atom. The Bertz CT molecular complexity index is 1180. The second-order valence-corrected chi connectivity index (χ2v) is 10.9. The third-order valence-corrected chi connectivity index (χ3v) is 8.09. The molecular formula is C26H30ClN3O2S. The van der Waals surface area contributed by atoms with Crippen molar-refractivity contribution in [3.8, 4) is 0 Å². The fourth-order valence-corrected chi connectivity index (χ4v) is 6.06. The zero-order valence-corrected chi connectivity index (χ0v) is 20.6. The van der Waals surface area contributed by atoms with E-state index in [1.807, 2.05) is 24.3 Å². The number of likely N-dealkylation sites (N-methyl/N-ethyl adjacent to an activating group) is 1. The highest BCUT2D eigenvalue weighted by Crippen LogP contribution is 2.42. The minimum absolute atomic E-state index is 0.246. The number of para-hydroxylation sites is 1. The van der Waals surface area contributed by atoms with Crippen LogP contribution in [0.1, 0.15) is 29.2 Å². The Balaban J connectivity index is 1.63. The molecule has 0 saturated carbocycles. The van der Waals surface area contributed by atoms with E-state index in [4.69, 9.17) is 11.6 Å². The Morgan fingerprint density at radius 3 is 2.39 bits per heavy atom. The molecule has 174 valence electrons. The third-order valence-electron chi connectivity index (χ3n) is 6.00. The maximum Gasteiger partial charge on any atom is 0.264 e. The molecule has 0 amide bonds. The third kappa shape index (κ3) is 5.41. The topological polar surface area (TPSA) is 52.6 Å². The molecule has 0 saturated heterocycles. The number of halogens is 1. The zero-order valence-electron chi connectivity index (χ0n) is 19.0. The second-order valence-electron chi connectivity index (χ2n) is 8.66. The minimum atomic E-state index is -3.77. The number of rotatable bonds is 8. The smallest absolute Gasteiger partial charge is 0.264 e. The Hall–Kier alpha value is -2.38. The second kappa shape index (κ2) is 10.3. The normalized spacial score (nSPS) is 16.1. The van der Waals surface area contributed by atoms with Crippen molar-refractivity contribution in [3.63, 3.8) is 0 Å². The summed E-state index contributed by atoms with van der Waals surface area (Å²) in [5.41, 5.74) is 3.98. The first-order valence-corrected chi connectivity index (χ1v) is 13.0. The van der Waals surface area contributed by atoms with Crippen molar-refractivity contribution in [1.29, 1.82) is 0 Å². The van der Waals surface area contributed by atoms with Gasteiger partial charge in [0.05, 0.1) is 16.6 Å². The Morgan fingerprint density at radius 2 is 1.70 bits per heavy atom. The molecule has 0 radical (unpaired) electrons. The molecular weight excluding hydrogens is 454 g/mol. The number of aryl methyl sites for hydroxylation is 1. The summed E-state index contributed by atoms with van der Waals surface area (Å²) in [4.78, 5) is 2.39. The van der Waals surface area contributed by atoms with Crippen LogP contribution in [0.3, 0.4) is 0 Å². The van der Waals surface area contributed by atoms with Crippen LogP contribution >= 0.6 is 11.6 Å². The molecule has 1 unspecified atom stereocenters. The van der Waals surface area contributed by atoms with E-state index < -0.39 is 10.0 Å². The summed E-state index contributed by atoms with van der Waals surface area (Å²) in [5.74, 6) is 0. The summed E-state index contributed by atoms with van der Waals surface area (Å²) in [7, 11) is 0.349. The average molecular weight is 484 g/mol. The fourth-order valence-electron chi connectivity index (χ4n) is 4.23. The molecule has 0 spiro atoms. The zero-order chi connectivity index (χ0) is 23.4. The van der Waals surface area contributed by atoms with Crippen LogP contribution in [-0.2, 0) is 23.0 Å². The number of hydrogen-bond acceptors (Lipinski definition) is 4. The lowest BCUT2D eigenvalue weighted by molar-refractivity contribution is 0.400. The lowest BCUT2D eigenvalue weighted by Gasteiger charge is -2.38. The van der Waals surface area contributed by atoms with Crippen molar-refractivity contribution in [2.75, 3.05) is 31.5 Å². The standard InChI is InChI=1S/C26H30ClN3O2S/c1-29(2)18-17-28-19-20-7-9-22(10-8-20)26-16-11-21-5-3-4-6-25(21)30(26)33(31,32)24-14-12-23(27)13-15-24/h3-10,12-15,26,28H,11,16-19H2,1-2H3. The molecule has 1 atom stereocenters. The van der Waals surface area contributed by atoms with Gasteiger partial charge in [0.2, 0.25) is 0 Å². The molecule has 0 aromatic heterocycles. The first-order valence-electron chi connectivity index (χ1n) is 11.2. The van der Waals surface area contributed by atoms with Gasteiger partial charge >= 0.3 is 0 Å². The number of nitrogens with zero attached hydrogens (tertiary/aromatic N) is 2. The Labute approximate surface area is 202 Å². The van der Waals surface area contributed by atoms with Gasteiger partial charge in [0.1, 0.15) is 0 Å². The van der Waals surface area contributed by atoms with Gasteiger partial charge in [-0.1, -0.05) is 54.1 Å². The molecule has 5 nitrogen and oxygen atoms in total. The molecule has 0 aliphatic carbocycles. The van der Waals surface area contributed by atoms with Gasteiger partial charge in [-0.2, -0.15) is 0 Å². The van der Waals surface area contributed by atoms with Crippen LogP contribution < -0.4 is 9.62 Å². The number of hydrogen-bond donors (Lipinski definition) is 1. The van der Waals surface area contributed by atoms with Gasteiger partial charge in [-0.3, -0.25) is 4.31 Å². The van der Waals surface area contributed by atoms with Crippen LogP contribution in [0, 0.1) is 0 Å². The van der Waals surface area contributed by atoms with Crippen LogP contribution in [0.4, 0.5) is 5.69 Å². The quantitative estimate of drug-likeness (QED) is 0.464. The van der Waals surface area contributed by atoms with Crippen molar-refractivity contribution >= 4 is 27.3 Å². The molecule has 0 fully saturated rings. The van der Waals surface area contributed by atoms with Crippen molar-refractivity contribution in [2.45, 2.75) is 30.3 Å². The largest absolute Gasteiger partial charge is 0.311 e. The first kappa shape index (κ1) is 23.8. The molecule has 1 aliphatic rings. The molecule has 7 heteroatoms. The summed E-state index contributed by atoms with van der Waals surface area (Å²) in [6.45, 7) is 2.69. The van der Waals surface area contributed by atoms with Gasteiger partial charge in [-0.05, 0) is 74.0 Å². The molecule has 3 aromatic carbocycles. The summed E-state index contributed by atoms with van der Waals surface area (Å²) in [6, 6.07) is 22.2. The number of benzene rings is 3. The van der Waals surface area contributed by atoms with Crippen LogP contribution in [0.15, 0.2) is 77.7 Å². The molecule has 1 N–H and O–H groups in total. The van der Waals surface area contributed by atoms with Crippen LogP contribution in [0.2, 0.25) is 5.02 Å². The van der Waals surface area contributed by atoms with E-state index in [1.54, 1.807) is 28.6 Å². The summed E-state index contributed by atoms with van der Waals surface area (Å²) in [6.07, 6.45) is 1.56. The van der Waals surface area contributed by atoms with Crippen LogP contribution in [0.25, 0.3) is 0 Å². The van der Waals surface area contributed by atoms with E-state index in [0.717, 1.165) is 49.3 Å². The highest BCUT2D eigenvalue weighted by molar-refractivity contribution is 7.92. The number of nitrogens with one attached hydrogen (secondary N) is 1. The van der Waals surface area contributed by atoms with Crippen molar-refractivity contribution in [2.24, 2.45) is 0 Å². The molecule has 3 aromatic rings. The average Bonchev–Trinajstić information content (AvgIpc) is 2.81. The van der Waals surface area contributed by atoms with Gasteiger partial charge in [0.15, 0.2) is 0 Å². The van der Waals surface area contributed by atoms with E-state index in [1.165, 1.54) is 5.56 Å². The number of anilines is 1.